The zero-order chi connectivity index (χ0) is 12.8. The molecule has 1 fully saturated rings. The van der Waals surface area contributed by atoms with E-state index in [1.54, 1.807) is 0 Å². The van der Waals surface area contributed by atoms with Crippen LogP contribution >= 0.6 is 0 Å². The molecule has 98 valence electrons. The van der Waals surface area contributed by atoms with Crippen LogP contribution in [0.3, 0.4) is 0 Å². The monoisotopic (exact) mass is 245 g/mol. The van der Waals surface area contributed by atoms with E-state index in [1.165, 1.54) is 29.5 Å². The summed E-state index contributed by atoms with van der Waals surface area (Å²) >= 11 is 0. The summed E-state index contributed by atoms with van der Waals surface area (Å²) in [5.41, 5.74) is 3.77. The van der Waals surface area contributed by atoms with Gasteiger partial charge in [0.25, 0.3) is 0 Å². The van der Waals surface area contributed by atoms with Gasteiger partial charge in [0.2, 0.25) is 0 Å². The lowest BCUT2D eigenvalue weighted by atomic mass is 10.1. The van der Waals surface area contributed by atoms with Gasteiger partial charge in [0.05, 0.1) is 13.2 Å². The first-order valence-corrected chi connectivity index (χ1v) is 6.77. The molecule has 0 bridgehead atoms. The van der Waals surface area contributed by atoms with E-state index in [9.17, 15) is 0 Å². The molecule has 2 nitrogen and oxygen atoms in total. The van der Waals surface area contributed by atoms with Gasteiger partial charge in [0, 0.05) is 12.6 Å². The molecule has 0 atom stereocenters. The van der Waals surface area contributed by atoms with Gasteiger partial charge in [-0.15, -0.1) is 6.58 Å². The Morgan fingerprint density at radius 3 is 2.56 bits per heavy atom. The maximum atomic E-state index is 5.60. The molecule has 0 saturated heterocycles. The third-order valence-corrected chi connectivity index (χ3v) is 3.14. The summed E-state index contributed by atoms with van der Waals surface area (Å²) in [4.78, 5) is 0. The zero-order valence-electron chi connectivity index (χ0n) is 11.2. The predicted octanol–water partition coefficient (Wildman–Crippen LogP) is 3.42. The SMILES string of the molecule is C=C(C)CCOCc1ccc(CNC2CC2)cc1. The summed E-state index contributed by atoms with van der Waals surface area (Å²) in [6.45, 7) is 8.35. The second kappa shape index (κ2) is 6.72. The van der Waals surface area contributed by atoms with Crippen LogP contribution in [0.25, 0.3) is 0 Å². The molecule has 1 saturated carbocycles. The van der Waals surface area contributed by atoms with Crippen molar-refractivity contribution in [2.75, 3.05) is 6.61 Å². The highest BCUT2D eigenvalue weighted by Gasteiger charge is 2.19. The lowest BCUT2D eigenvalue weighted by Gasteiger charge is -2.06. The molecular formula is C16H23NO. The second-order valence-corrected chi connectivity index (χ2v) is 5.23. The number of hydrogen-bond acceptors (Lipinski definition) is 2. The smallest absolute Gasteiger partial charge is 0.0717 e. The van der Waals surface area contributed by atoms with Crippen molar-refractivity contribution in [1.82, 2.24) is 5.32 Å². The van der Waals surface area contributed by atoms with Crippen LogP contribution in [0, 0.1) is 0 Å². The first-order valence-electron chi connectivity index (χ1n) is 6.77. The standard InChI is InChI=1S/C16H23NO/c1-13(2)9-10-18-12-15-5-3-14(4-6-15)11-17-16-7-8-16/h3-6,16-17H,1,7-12H2,2H3. The van der Waals surface area contributed by atoms with Crippen LogP contribution in [-0.4, -0.2) is 12.6 Å². The summed E-state index contributed by atoms with van der Waals surface area (Å²) < 4.78 is 5.60. The van der Waals surface area contributed by atoms with Gasteiger partial charge < -0.3 is 10.1 Å². The maximum Gasteiger partial charge on any atom is 0.0717 e. The average Bonchev–Trinajstić information content (AvgIpc) is 3.17. The van der Waals surface area contributed by atoms with E-state index < -0.39 is 0 Å². The molecule has 1 aliphatic carbocycles. The first-order chi connectivity index (χ1) is 8.74. The summed E-state index contributed by atoms with van der Waals surface area (Å²) in [6, 6.07) is 9.46. The van der Waals surface area contributed by atoms with Gasteiger partial charge in [0.1, 0.15) is 0 Å². The quantitative estimate of drug-likeness (QED) is 0.559. The summed E-state index contributed by atoms with van der Waals surface area (Å²) in [5.74, 6) is 0. The van der Waals surface area contributed by atoms with Crippen molar-refractivity contribution >= 4 is 0 Å². The molecule has 0 aliphatic heterocycles. The Labute approximate surface area is 110 Å². The highest BCUT2D eigenvalue weighted by atomic mass is 16.5. The fourth-order valence-electron chi connectivity index (χ4n) is 1.74. The summed E-state index contributed by atoms with van der Waals surface area (Å²) in [6.07, 6.45) is 3.63. The van der Waals surface area contributed by atoms with Gasteiger partial charge in [0.15, 0.2) is 0 Å². The molecule has 18 heavy (non-hydrogen) atoms. The van der Waals surface area contributed by atoms with Crippen molar-refractivity contribution in [2.24, 2.45) is 0 Å². The average molecular weight is 245 g/mol. The third kappa shape index (κ3) is 5.03. The number of nitrogens with one attached hydrogen (secondary N) is 1. The summed E-state index contributed by atoms with van der Waals surface area (Å²) in [5, 5.41) is 3.52. The van der Waals surface area contributed by atoms with E-state index in [0.717, 1.165) is 25.6 Å². The molecule has 0 amide bonds. The largest absolute Gasteiger partial charge is 0.376 e. The van der Waals surface area contributed by atoms with E-state index in [0.29, 0.717) is 6.61 Å². The van der Waals surface area contributed by atoms with Crippen LogP contribution < -0.4 is 5.32 Å². The molecule has 1 aliphatic rings. The molecule has 1 aromatic carbocycles. The summed E-state index contributed by atoms with van der Waals surface area (Å²) in [7, 11) is 0. The van der Waals surface area contributed by atoms with Crippen molar-refractivity contribution in [3.8, 4) is 0 Å². The van der Waals surface area contributed by atoms with E-state index in [1.807, 2.05) is 6.92 Å². The van der Waals surface area contributed by atoms with Gasteiger partial charge in [-0.3, -0.25) is 0 Å². The van der Waals surface area contributed by atoms with Crippen LogP contribution in [0.1, 0.15) is 37.3 Å². The fourth-order valence-corrected chi connectivity index (χ4v) is 1.74. The van der Waals surface area contributed by atoms with Crippen LogP contribution in [0.4, 0.5) is 0 Å². The fraction of sp³-hybridized carbons (Fsp3) is 0.500. The molecule has 1 N–H and O–H groups in total. The number of hydrogen-bond donors (Lipinski definition) is 1. The lowest BCUT2D eigenvalue weighted by molar-refractivity contribution is 0.124. The van der Waals surface area contributed by atoms with Crippen LogP contribution in [0.15, 0.2) is 36.4 Å². The normalized spacial score (nSPS) is 14.7. The van der Waals surface area contributed by atoms with E-state index >= 15 is 0 Å². The van der Waals surface area contributed by atoms with E-state index in [-0.39, 0.29) is 0 Å². The Morgan fingerprint density at radius 2 is 1.94 bits per heavy atom. The topological polar surface area (TPSA) is 21.3 Å². The third-order valence-electron chi connectivity index (χ3n) is 3.14. The van der Waals surface area contributed by atoms with Crippen molar-refractivity contribution in [2.45, 2.75) is 45.4 Å². The molecule has 0 unspecified atom stereocenters. The van der Waals surface area contributed by atoms with Crippen molar-refractivity contribution in [1.29, 1.82) is 0 Å². The molecule has 1 aromatic rings. The number of ether oxygens (including phenoxy) is 1. The van der Waals surface area contributed by atoms with Crippen LogP contribution in [0.5, 0.6) is 0 Å². The van der Waals surface area contributed by atoms with Gasteiger partial charge >= 0.3 is 0 Å². The van der Waals surface area contributed by atoms with Gasteiger partial charge in [-0.25, -0.2) is 0 Å². The van der Waals surface area contributed by atoms with Gasteiger partial charge in [-0.2, -0.15) is 0 Å². The van der Waals surface area contributed by atoms with Crippen molar-refractivity contribution in [3.63, 3.8) is 0 Å². The minimum atomic E-state index is 0.698. The molecule has 0 heterocycles. The second-order valence-electron chi connectivity index (χ2n) is 5.23. The highest BCUT2D eigenvalue weighted by Crippen LogP contribution is 2.19. The minimum Gasteiger partial charge on any atom is -0.376 e. The maximum absolute atomic E-state index is 5.60. The Balaban J connectivity index is 1.67. The van der Waals surface area contributed by atoms with Gasteiger partial charge in [-0.05, 0) is 37.3 Å². The van der Waals surface area contributed by atoms with E-state index in [2.05, 4.69) is 36.2 Å². The Bertz CT molecular complexity index is 379. The van der Waals surface area contributed by atoms with Gasteiger partial charge in [-0.1, -0.05) is 29.8 Å². The molecule has 0 spiro atoms. The van der Waals surface area contributed by atoms with E-state index in [4.69, 9.17) is 4.74 Å². The Hall–Kier alpha value is -1.12. The Kier molecular flexibility index (Phi) is 4.97. The molecule has 2 rings (SSSR count). The minimum absolute atomic E-state index is 0.698. The van der Waals surface area contributed by atoms with Crippen molar-refractivity contribution < 1.29 is 4.74 Å². The molecule has 2 heteroatoms. The number of benzene rings is 1. The lowest BCUT2D eigenvalue weighted by Crippen LogP contribution is -2.15. The highest BCUT2D eigenvalue weighted by molar-refractivity contribution is 5.22. The predicted molar refractivity (Wildman–Crippen MR) is 75.4 cm³/mol. The first kappa shape index (κ1) is 13.3. The molecular weight excluding hydrogens is 222 g/mol. The van der Waals surface area contributed by atoms with Crippen LogP contribution in [0.2, 0.25) is 0 Å². The molecule has 0 radical (unpaired) electrons. The van der Waals surface area contributed by atoms with Crippen molar-refractivity contribution in [3.05, 3.63) is 47.5 Å². The molecule has 0 aromatic heterocycles. The zero-order valence-corrected chi connectivity index (χ0v) is 11.2. The van der Waals surface area contributed by atoms with Crippen LogP contribution in [-0.2, 0) is 17.9 Å². The Morgan fingerprint density at radius 1 is 1.28 bits per heavy atom. The number of rotatable bonds is 8.